The van der Waals surface area contributed by atoms with Gasteiger partial charge in [0.25, 0.3) is 0 Å². The normalized spacial score (nSPS) is 12.3. The summed E-state index contributed by atoms with van der Waals surface area (Å²) in [4.78, 5) is 8.24. The number of hydrogen-bond acceptors (Lipinski definition) is 4. The van der Waals surface area contributed by atoms with Gasteiger partial charge in [0.15, 0.2) is 0 Å². The maximum Gasteiger partial charge on any atom is 0.216 e. The van der Waals surface area contributed by atoms with Gasteiger partial charge in [-0.15, -0.1) is 0 Å². The Labute approximate surface area is 123 Å². The molecule has 0 saturated heterocycles. The van der Waals surface area contributed by atoms with Crippen molar-refractivity contribution in [3.63, 3.8) is 0 Å². The van der Waals surface area contributed by atoms with Crippen LogP contribution in [0.25, 0.3) is 0 Å². The van der Waals surface area contributed by atoms with Gasteiger partial charge >= 0.3 is 0 Å². The lowest BCUT2D eigenvalue weighted by molar-refractivity contribution is 0.395. The fraction of sp³-hybridized carbons (Fsp3) is 0.750. The molecule has 1 aromatic heterocycles. The van der Waals surface area contributed by atoms with Crippen LogP contribution in [0, 0.1) is 0 Å². The highest BCUT2D eigenvalue weighted by molar-refractivity contribution is 5.14. The molecule has 0 fully saturated rings. The predicted molar refractivity (Wildman–Crippen MR) is 82.9 cm³/mol. The van der Waals surface area contributed by atoms with E-state index in [2.05, 4.69) is 16.9 Å². The van der Waals surface area contributed by atoms with E-state index in [1.807, 2.05) is 6.07 Å². The molecular weight excluding hydrogens is 250 g/mol. The number of nitrogens with two attached hydrogens (primary N) is 1. The molecule has 0 amide bonds. The molecule has 0 aliphatic heterocycles. The smallest absolute Gasteiger partial charge is 0.216 e. The van der Waals surface area contributed by atoms with Crippen molar-refractivity contribution >= 4 is 0 Å². The Morgan fingerprint density at radius 1 is 1.10 bits per heavy atom. The third-order valence-corrected chi connectivity index (χ3v) is 3.56. The summed E-state index contributed by atoms with van der Waals surface area (Å²) in [7, 11) is 1.62. The average Bonchev–Trinajstić information content (AvgIpc) is 2.46. The highest BCUT2D eigenvalue weighted by Gasteiger charge is 2.06. The second-order valence-corrected chi connectivity index (χ2v) is 5.43. The quantitative estimate of drug-likeness (QED) is 0.630. The van der Waals surface area contributed by atoms with Gasteiger partial charge in [-0.05, 0) is 6.42 Å². The second-order valence-electron chi connectivity index (χ2n) is 5.43. The van der Waals surface area contributed by atoms with Gasteiger partial charge < -0.3 is 10.5 Å². The van der Waals surface area contributed by atoms with Gasteiger partial charge in [0.1, 0.15) is 6.33 Å². The molecule has 1 atom stereocenters. The molecule has 0 aliphatic carbocycles. The topological polar surface area (TPSA) is 61.0 Å². The standard InChI is InChI=1S/C16H29N3O/c1-3-4-5-6-7-8-9-10-14(17)11-15-12-16(20-2)19-13-18-15/h12-14H,3-11,17H2,1-2H3. The number of methoxy groups -OCH3 is 1. The van der Waals surface area contributed by atoms with Gasteiger partial charge in [-0.3, -0.25) is 0 Å². The summed E-state index contributed by atoms with van der Waals surface area (Å²) in [6.45, 7) is 2.25. The molecule has 0 radical (unpaired) electrons. The van der Waals surface area contributed by atoms with Crippen LogP contribution in [0.3, 0.4) is 0 Å². The van der Waals surface area contributed by atoms with Gasteiger partial charge in [-0.2, -0.15) is 0 Å². The first kappa shape index (κ1) is 16.9. The molecule has 20 heavy (non-hydrogen) atoms. The molecule has 1 heterocycles. The van der Waals surface area contributed by atoms with Gasteiger partial charge in [-0.25, -0.2) is 9.97 Å². The van der Waals surface area contributed by atoms with E-state index in [0.717, 1.165) is 18.5 Å². The van der Waals surface area contributed by atoms with E-state index < -0.39 is 0 Å². The van der Waals surface area contributed by atoms with Gasteiger partial charge in [0, 0.05) is 24.2 Å². The molecule has 4 nitrogen and oxygen atoms in total. The second kappa shape index (κ2) is 10.6. The van der Waals surface area contributed by atoms with Crippen LogP contribution in [0.2, 0.25) is 0 Å². The van der Waals surface area contributed by atoms with Crippen molar-refractivity contribution in [2.75, 3.05) is 7.11 Å². The van der Waals surface area contributed by atoms with Crippen LogP contribution in [0.1, 0.15) is 64.0 Å². The summed E-state index contributed by atoms with van der Waals surface area (Å²) < 4.78 is 5.09. The zero-order valence-electron chi connectivity index (χ0n) is 13.0. The van der Waals surface area contributed by atoms with Crippen LogP contribution in [0.15, 0.2) is 12.4 Å². The van der Waals surface area contributed by atoms with Crippen molar-refractivity contribution in [1.82, 2.24) is 9.97 Å². The average molecular weight is 279 g/mol. The summed E-state index contributed by atoms with van der Waals surface area (Å²) in [5.41, 5.74) is 7.12. The molecular formula is C16H29N3O. The van der Waals surface area contributed by atoms with Gasteiger partial charge in [-0.1, -0.05) is 51.9 Å². The third-order valence-electron chi connectivity index (χ3n) is 3.56. The Kier molecular flexibility index (Phi) is 8.96. The molecule has 0 bridgehead atoms. The monoisotopic (exact) mass is 279 g/mol. The van der Waals surface area contributed by atoms with Gasteiger partial charge in [0.05, 0.1) is 7.11 Å². The van der Waals surface area contributed by atoms with Crippen LogP contribution < -0.4 is 10.5 Å². The van der Waals surface area contributed by atoms with Crippen LogP contribution >= 0.6 is 0 Å². The van der Waals surface area contributed by atoms with E-state index >= 15 is 0 Å². The van der Waals surface area contributed by atoms with E-state index in [9.17, 15) is 0 Å². The highest BCUT2D eigenvalue weighted by atomic mass is 16.5. The first-order chi connectivity index (χ1) is 9.76. The summed E-state index contributed by atoms with van der Waals surface area (Å²) in [6, 6.07) is 2.05. The van der Waals surface area contributed by atoms with Crippen LogP contribution in [0.4, 0.5) is 0 Å². The third kappa shape index (κ3) is 7.43. The van der Waals surface area contributed by atoms with Crippen molar-refractivity contribution < 1.29 is 4.74 Å². The Morgan fingerprint density at radius 3 is 2.50 bits per heavy atom. The SMILES string of the molecule is CCCCCCCCCC(N)Cc1cc(OC)ncn1. The Bertz CT molecular complexity index is 357. The van der Waals surface area contributed by atoms with Crippen LogP contribution in [0.5, 0.6) is 5.88 Å². The molecule has 0 spiro atoms. The summed E-state index contributed by atoms with van der Waals surface area (Å²) in [6.07, 6.45) is 12.7. The zero-order chi connectivity index (χ0) is 14.6. The van der Waals surface area contributed by atoms with Crippen LogP contribution in [-0.2, 0) is 6.42 Å². The lowest BCUT2D eigenvalue weighted by atomic mass is 10.0. The molecule has 2 N–H and O–H groups in total. The fourth-order valence-corrected chi connectivity index (χ4v) is 2.33. The van der Waals surface area contributed by atoms with E-state index in [4.69, 9.17) is 10.5 Å². The molecule has 1 aromatic rings. The molecule has 1 rings (SSSR count). The lowest BCUT2D eigenvalue weighted by Crippen LogP contribution is -2.23. The van der Waals surface area contributed by atoms with Crippen molar-refractivity contribution in [3.8, 4) is 5.88 Å². The summed E-state index contributed by atoms with van der Waals surface area (Å²) in [5, 5.41) is 0. The molecule has 0 aliphatic rings. The van der Waals surface area contributed by atoms with Crippen molar-refractivity contribution in [1.29, 1.82) is 0 Å². The van der Waals surface area contributed by atoms with Crippen molar-refractivity contribution in [3.05, 3.63) is 18.1 Å². The Hall–Kier alpha value is -1.16. The summed E-state index contributed by atoms with van der Waals surface area (Å²) >= 11 is 0. The number of rotatable bonds is 11. The van der Waals surface area contributed by atoms with Crippen molar-refractivity contribution in [2.24, 2.45) is 5.73 Å². The summed E-state index contributed by atoms with van der Waals surface area (Å²) in [5.74, 6) is 0.609. The minimum atomic E-state index is 0.185. The number of hydrogen-bond donors (Lipinski definition) is 1. The van der Waals surface area contributed by atoms with Crippen LogP contribution in [-0.4, -0.2) is 23.1 Å². The predicted octanol–water partition coefficient (Wildman–Crippen LogP) is 3.50. The first-order valence-electron chi connectivity index (χ1n) is 7.86. The molecule has 114 valence electrons. The lowest BCUT2D eigenvalue weighted by Gasteiger charge is -2.11. The number of nitrogens with zero attached hydrogens (tertiary/aromatic N) is 2. The molecule has 4 heteroatoms. The fourth-order valence-electron chi connectivity index (χ4n) is 2.33. The molecule has 1 unspecified atom stereocenters. The number of aromatic nitrogens is 2. The van der Waals surface area contributed by atoms with E-state index in [-0.39, 0.29) is 6.04 Å². The van der Waals surface area contributed by atoms with E-state index in [1.165, 1.54) is 51.3 Å². The Balaban J connectivity index is 2.12. The van der Waals surface area contributed by atoms with E-state index in [1.54, 1.807) is 7.11 Å². The minimum Gasteiger partial charge on any atom is -0.481 e. The largest absolute Gasteiger partial charge is 0.481 e. The maximum absolute atomic E-state index is 6.16. The van der Waals surface area contributed by atoms with Crippen molar-refractivity contribution in [2.45, 2.75) is 70.8 Å². The minimum absolute atomic E-state index is 0.185. The number of ether oxygens (including phenoxy) is 1. The Morgan fingerprint density at radius 2 is 1.80 bits per heavy atom. The van der Waals surface area contributed by atoms with E-state index in [0.29, 0.717) is 5.88 Å². The van der Waals surface area contributed by atoms with Gasteiger partial charge in [0.2, 0.25) is 5.88 Å². The number of unbranched alkanes of at least 4 members (excludes halogenated alkanes) is 6. The zero-order valence-corrected chi connectivity index (χ0v) is 13.0. The molecule has 0 aromatic carbocycles. The first-order valence-corrected chi connectivity index (χ1v) is 7.86. The maximum atomic E-state index is 6.16. The highest BCUT2D eigenvalue weighted by Crippen LogP contribution is 2.12. The molecule has 0 saturated carbocycles.